The van der Waals surface area contributed by atoms with Crippen molar-refractivity contribution in [3.05, 3.63) is 65.7 Å². The number of rotatable bonds is 17. The fourth-order valence-electron chi connectivity index (χ4n) is 4.60. The standard InChI is InChI=1S/C33H44O6/c1-5-7-8-11-24-14-17-28(25(6-2)20-24)32-21-26-15-16-27(22-31(26)39-32)37-18-9-12-29(34)30(35)13-10-19-38-33(36)23(3)4/h14-17,20-22,29-30,34-35H,3,5-13,18-19H2,1-2,4H3. The summed E-state index contributed by atoms with van der Waals surface area (Å²) in [6, 6.07) is 14.6. The molecule has 39 heavy (non-hydrogen) atoms. The lowest BCUT2D eigenvalue weighted by Crippen LogP contribution is -2.26. The molecule has 0 radical (unpaired) electrons. The van der Waals surface area contributed by atoms with E-state index in [0.29, 0.717) is 43.6 Å². The number of carbonyl (C=O) groups excluding carboxylic acids is 1. The fraction of sp³-hybridized carbons (Fsp3) is 0.485. The molecule has 2 atom stereocenters. The van der Waals surface area contributed by atoms with Crippen LogP contribution >= 0.6 is 0 Å². The number of ether oxygens (including phenoxy) is 2. The first-order valence-corrected chi connectivity index (χ1v) is 14.3. The van der Waals surface area contributed by atoms with Crippen molar-refractivity contribution in [3.63, 3.8) is 0 Å². The number of aliphatic hydroxyl groups is 2. The summed E-state index contributed by atoms with van der Waals surface area (Å²) in [5.41, 5.74) is 4.94. The smallest absolute Gasteiger partial charge is 0.333 e. The predicted molar refractivity (Wildman–Crippen MR) is 156 cm³/mol. The minimum Gasteiger partial charge on any atom is -0.493 e. The predicted octanol–water partition coefficient (Wildman–Crippen LogP) is 7.18. The van der Waals surface area contributed by atoms with Gasteiger partial charge in [-0.25, -0.2) is 4.79 Å². The highest BCUT2D eigenvalue weighted by Crippen LogP contribution is 2.33. The molecule has 2 unspecified atom stereocenters. The summed E-state index contributed by atoms with van der Waals surface area (Å²) in [5.74, 6) is 1.13. The van der Waals surface area contributed by atoms with Crippen LogP contribution in [-0.2, 0) is 22.4 Å². The molecular formula is C33H44O6. The largest absolute Gasteiger partial charge is 0.493 e. The summed E-state index contributed by atoms with van der Waals surface area (Å²) < 4.78 is 17.1. The van der Waals surface area contributed by atoms with Crippen LogP contribution in [0.25, 0.3) is 22.3 Å². The molecular weight excluding hydrogens is 492 g/mol. The number of esters is 1. The molecule has 0 spiro atoms. The Balaban J connectivity index is 1.48. The highest BCUT2D eigenvalue weighted by molar-refractivity contribution is 5.87. The zero-order valence-corrected chi connectivity index (χ0v) is 23.7. The van der Waals surface area contributed by atoms with E-state index in [1.807, 2.05) is 18.2 Å². The average molecular weight is 537 g/mol. The Morgan fingerprint density at radius 1 is 0.949 bits per heavy atom. The molecule has 212 valence electrons. The Morgan fingerprint density at radius 3 is 2.38 bits per heavy atom. The molecule has 3 aromatic rings. The van der Waals surface area contributed by atoms with E-state index in [1.165, 1.54) is 30.4 Å². The molecule has 3 rings (SSSR count). The van der Waals surface area contributed by atoms with Crippen LogP contribution in [0.5, 0.6) is 5.75 Å². The number of unbranched alkanes of at least 4 members (excludes halogenated alkanes) is 2. The van der Waals surface area contributed by atoms with E-state index in [9.17, 15) is 15.0 Å². The quantitative estimate of drug-likeness (QED) is 0.108. The zero-order valence-electron chi connectivity index (χ0n) is 23.7. The van der Waals surface area contributed by atoms with Crippen molar-refractivity contribution in [2.75, 3.05) is 13.2 Å². The van der Waals surface area contributed by atoms with Crippen LogP contribution in [0.2, 0.25) is 0 Å². The summed E-state index contributed by atoms with van der Waals surface area (Å²) in [4.78, 5) is 11.4. The normalized spacial score (nSPS) is 12.8. The first-order chi connectivity index (χ1) is 18.8. The van der Waals surface area contributed by atoms with Crippen molar-refractivity contribution in [1.29, 1.82) is 0 Å². The van der Waals surface area contributed by atoms with Crippen LogP contribution in [-0.4, -0.2) is 41.6 Å². The fourth-order valence-corrected chi connectivity index (χ4v) is 4.60. The summed E-state index contributed by atoms with van der Waals surface area (Å²) >= 11 is 0. The van der Waals surface area contributed by atoms with E-state index in [0.717, 1.165) is 35.1 Å². The van der Waals surface area contributed by atoms with E-state index < -0.39 is 18.2 Å². The molecule has 1 heterocycles. The third-order valence-corrected chi connectivity index (χ3v) is 6.96. The number of furan rings is 1. The lowest BCUT2D eigenvalue weighted by atomic mass is 9.97. The highest BCUT2D eigenvalue weighted by Gasteiger charge is 2.16. The maximum absolute atomic E-state index is 11.4. The Bertz CT molecular complexity index is 1210. The number of hydrogen-bond donors (Lipinski definition) is 2. The Morgan fingerprint density at radius 2 is 1.69 bits per heavy atom. The van der Waals surface area contributed by atoms with Gasteiger partial charge in [0, 0.05) is 22.6 Å². The van der Waals surface area contributed by atoms with Gasteiger partial charge in [0.15, 0.2) is 0 Å². The molecule has 0 aliphatic carbocycles. The van der Waals surface area contributed by atoms with Crippen molar-refractivity contribution < 1.29 is 28.9 Å². The SMILES string of the molecule is C=C(C)C(=O)OCCCC(O)C(O)CCCOc1ccc2cc(-c3ccc(CCCCC)cc3CC)oc2c1. The molecule has 0 amide bonds. The van der Waals surface area contributed by atoms with E-state index >= 15 is 0 Å². The van der Waals surface area contributed by atoms with Gasteiger partial charge in [-0.05, 0) is 81.2 Å². The lowest BCUT2D eigenvalue weighted by Gasteiger charge is -2.17. The maximum Gasteiger partial charge on any atom is 0.333 e. The second-order valence-electron chi connectivity index (χ2n) is 10.3. The van der Waals surface area contributed by atoms with Gasteiger partial charge in [0.1, 0.15) is 17.1 Å². The lowest BCUT2D eigenvalue weighted by molar-refractivity contribution is -0.139. The van der Waals surface area contributed by atoms with Gasteiger partial charge in [0.25, 0.3) is 0 Å². The van der Waals surface area contributed by atoms with Crippen molar-refractivity contribution in [1.82, 2.24) is 0 Å². The Labute approximate surface area is 232 Å². The molecule has 6 nitrogen and oxygen atoms in total. The van der Waals surface area contributed by atoms with Crippen LogP contribution in [0.15, 0.2) is 59.0 Å². The van der Waals surface area contributed by atoms with Gasteiger partial charge >= 0.3 is 5.97 Å². The van der Waals surface area contributed by atoms with Crippen LogP contribution in [0.3, 0.4) is 0 Å². The molecule has 0 saturated heterocycles. The van der Waals surface area contributed by atoms with E-state index in [4.69, 9.17) is 13.9 Å². The van der Waals surface area contributed by atoms with Gasteiger partial charge in [0.2, 0.25) is 0 Å². The van der Waals surface area contributed by atoms with Gasteiger partial charge in [0.05, 0.1) is 25.4 Å². The Hall–Kier alpha value is -3.09. The first kappa shape index (κ1) is 30.5. The molecule has 2 aromatic carbocycles. The Kier molecular flexibility index (Phi) is 12.1. The van der Waals surface area contributed by atoms with Crippen molar-refractivity contribution in [2.45, 2.75) is 90.8 Å². The number of benzene rings is 2. The van der Waals surface area contributed by atoms with Crippen molar-refractivity contribution in [3.8, 4) is 17.1 Å². The minimum absolute atomic E-state index is 0.194. The monoisotopic (exact) mass is 536 g/mol. The second kappa shape index (κ2) is 15.5. The third kappa shape index (κ3) is 9.26. The summed E-state index contributed by atoms with van der Waals surface area (Å²) in [5, 5.41) is 21.4. The molecule has 0 bridgehead atoms. The average Bonchev–Trinajstić information content (AvgIpc) is 3.36. The summed E-state index contributed by atoms with van der Waals surface area (Å²) in [6.45, 7) is 10.1. The number of aliphatic hydroxyl groups excluding tert-OH is 2. The van der Waals surface area contributed by atoms with Crippen LogP contribution in [0.4, 0.5) is 0 Å². The zero-order chi connectivity index (χ0) is 28.2. The molecule has 1 aromatic heterocycles. The van der Waals surface area contributed by atoms with Crippen LogP contribution < -0.4 is 4.74 Å². The molecule has 0 aliphatic rings. The van der Waals surface area contributed by atoms with Crippen molar-refractivity contribution in [2.24, 2.45) is 0 Å². The molecule has 0 saturated carbocycles. The number of carbonyl (C=O) groups is 1. The van der Waals surface area contributed by atoms with E-state index in [2.05, 4.69) is 44.7 Å². The number of fused-ring (bicyclic) bond motifs is 1. The van der Waals surface area contributed by atoms with Gasteiger partial charge in [-0.15, -0.1) is 0 Å². The van der Waals surface area contributed by atoms with Crippen LogP contribution in [0.1, 0.15) is 76.8 Å². The van der Waals surface area contributed by atoms with Crippen molar-refractivity contribution >= 4 is 16.9 Å². The summed E-state index contributed by atoms with van der Waals surface area (Å²) in [7, 11) is 0. The number of aryl methyl sites for hydroxylation is 2. The van der Waals surface area contributed by atoms with Gasteiger partial charge in [-0.2, -0.15) is 0 Å². The summed E-state index contributed by atoms with van der Waals surface area (Å²) in [6.07, 6.45) is 5.88. The third-order valence-electron chi connectivity index (χ3n) is 6.96. The number of hydrogen-bond acceptors (Lipinski definition) is 6. The van der Waals surface area contributed by atoms with Crippen LogP contribution in [0, 0.1) is 0 Å². The van der Waals surface area contributed by atoms with Gasteiger partial charge in [-0.1, -0.05) is 51.5 Å². The molecule has 0 fully saturated rings. The minimum atomic E-state index is -0.871. The molecule has 0 aliphatic heterocycles. The molecule has 2 N–H and O–H groups in total. The van der Waals surface area contributed by atoms with Gasteiger partial charge in [-0.3, -0.25) is 0 Å². The van der Waals surface area contributed by atoms with Gasteiger partial charge < -0.3 is 24.1 Å². The van der Waals surface area contributed by atoms with E-state index in [1.54, 1.807) is 6.92 Å². The second-order valence-corrected chi connectivity index (χ2v) is 10.3. The first-order valence-electron chi connectivity index (χ1n) is 14.3. The topological polar surface area (TPSA) is 89.1 Å². The maximum atomic E-state index is 11.4. The molecule has 6 heteroatoms. The van der Waals surface area contributed by atoms with E-state index in [-0.39, 0.29) is 6.61 Å². The highest BCUT2D eigenvalue weighted by atomic mass is 16.5.